The monoisotopic (exact) mass is 253 g/mol. The summed E-state index contributed by atoms with van der Waals surface area (Å²) in [6.45, 7) is 0. The van der Waals surface area contributed by atoms with Gasteiger partial charge in [-0.1, -0.05) is 11.1 Å². The third-order valence-electron chi connectivity index (χ3n) is 0.937. The molecular formula is C2H5O8S3-. The van der Waals surface area contributed by atoms with Gasteiger partial charge < -0.3 is 4.55 Å². The second-order valence-corrected chi connectivity index (χ2v) is 6.37. The Labute approximate surface area is 76.7 Å². The minimum atomic E-state index is -5.15. The molecule has 0 aromatic heterocycles. The Morgan fingerprint density at radius 1 is 1.15 bits per heavy atom. The minimum absolute atomic E-state index is 1.42. The molecule has 13 heavy (non-hydrogen) atoms. The van der Waals surface area contributed by atoms with Crippen molar-refractivity contribution < 1.29 is 34.7 Å². The summed E-state index contributed by atoms with van der Waals surface area (Å²) in [5.74, 6) is -1.42. The van der Waals surface area contributed by atoms with Gasteiger partial charge in [-0.2, -0.15) is 16.8 Å². The quantitative estimate of drug-likeness (QED) is 0.430. The molecule has 0 heterocycles. The Hall–Kier alpha value is -0.0700. The molecule has 0 rings (SSSR count). The Bertz CT molecular complexity index is 355. The molecule has 0 radical (unpaired) electrons. The zero-order valence-electron chi connectivity index (χ0n) is 5.85. The lowest BCUT2D eigenvalue weighted by molar-refractivity contribution is 0.455. The molecule has 80 valence electrons. The minimum Gasteiger partial charge on any atom is -0.772 e. The molecule has 8 nitrogen and oxygen atoms in total. The van der Waals surface area contributed by atoms with Crippen LogP contribution in [-0.4, -0.2) is 45.0 Å². The number of rotatable bonds is 4. The van der Waals surface area contributed by atoms with E-state index in [0.717, 1.165) is 0 Å². The van der Waals surface area contributed by atoms with Crippen molar-refractivity contribution in [3.05, 3.63) is 0 Å². The average Bonchev–Trinajstić information content (AvgIpc) is 1.77. The second-order valence-electron chi connectivity index (χ2n) is 1.93. The Kier molecular flexibility index (Phi) is 3.96. The summed E-state index contributed by atoms with van der Waals surface area (Å²) >= 11 is -3.02. The molecule has 0 spiro atoms. The van der Waals surface area contributed by atoms with Crippen molar-refractivity contribution in [2.75, 3.05) is 5.75 Å². The van der Waals surface area contributed by atoms with Gasteiger partial charge in [-0.25, -0.2) is 0 Å². The van der Waals surface area contributed by atoms with Gasteiger partial charge in [0.05, 0.1) is 0 Å². The van der Waals surface area contributed by atoms with Crippen LogP contribution in [0, 0.1) is 0 Å². The predicted molar refractivity (Wildman–Crippen MR) is 40.7 cm³/mol. The standard InChI is InChI=1S/C2H6O8S3/c3-11(4)1-2(12(5,6)7)13(8,9)10/h2H,1H2,(H,3,4)(H,5,6,7)(H,8,9,10)/p-1. The van der Waals surface area contributed by atoms with Crippen LogP contribution in [0.2, 0.25) is 0 Å². The zero-order valence-corrected chi connectivity index (χ0v) is 8.30. The normalized spacial score (nSPS) is 16.0. The molecule has 0 aromatic rings. The van der Waals surface area contributed by atoms with Crippen molar-refractivity contribution in [3.8, 4) is 0 Å². The fourth-order valence-electron chi connectivity index (χ4n) is 0.437. The van der Waals surface area contributed by atoms with Gasteiger partial charge in [-0.15, -0.1) is 0 Å². The van der Waals surface area contributed by atoms with Crippen LogP contribution in [0.5, 0.6) is 0 Å². The Balaban J connectivity index is 5.15. The van der Waals surface area contributed by atoms with Crippen LogP contribution in [0.4, 0.5) is 0 Å². The summed E-state index contributed by atoms with van der Waals surface area (Å²) in [6.07, 6.45) is 0. The molecule has 1 unspecified atom stereocenters. The van der Waals surface area contributed by atoms with Gasteiger partial charge in [0, 0.05) is 5.75 Å². The molecule has 0 amide bonds. The van der Waals surface area contributed by atoms with E-state index in [1.165, 1.54) is 0 Å². The highest BCUT2D eigenvalue weighted by atomic mass is 32.3. The Morgan fingerprint density at radius 3 is 1.54 bits per heavy atom. The molecule has 0 bridgehead atoms. The zero-order chi connectivity index (χ0) is 10.9. The summed E-state index contributed by atoms with van der Waals surface area (Å²) in [4.78, 5) is 0. The SMILES string of the molecule is O=S([O-])CC(S(=O)(=O)O)S(=O)(=O)O. The first kappa shape index (κ1) is 12.9. The molecule has 2 N–H and O–H groups in total. The van der Waals surface area contributed by atoms with Gasteiger partial charge in [0.1, 0.15) is 0 Å². The maximum atomic E-state index is 10.3. The first-order valence-corrected chi connectivity index (χ1v) is 6.78. The van der Waals surface area contributed by atoms with Gasteiger partial charge in [0.2, 0.25) is 4.58 Å². The summed E-state index contributed by atoms with van der Waals surface area (Å²) < 4.78 is 74.6. The van der Waals surface area contributed by atoms with Crippen molar-refractivity contribution in [1.82, 2.24) is 0 Å². The highest BCUT2D eigenvalue weighted by Gasteiger charge is 2.35. The molecule has 0 aliphatic heterocycles. The fraction of sp³-hybridized carbons (Fsp3) is 1.00. The smallest absolute Gasteiger partial charge is 0.285 e. The Morgan fingerprint density at radius 2 is 1.46 bits per heavy atom. The van der Waals surface area contributed by atoms with E-state index in [4.69, 9.17) is 9.11 Å². The number of hydrogen-bond acceptors (Lipinski definition) is 6. The van der Waals surface area contributed by atoms with Crippen LogP contribution in [0.1, 0.15) is 0 Å². The lowest BCUT2D eigenvalue weighted by Gasteiger charge is -2.11. The van der Waals surface area contributed by atoms with E-state index in [2.05, 4.69) is 0 Å². The van der Waals surface area contributed by atoms with E-state index in [9.17, 15) is 25.6 Å². The van der Waals surface area contributed by atoms with E-state index in [1.54, 1.807) is 0 Å². The van der Waals surface area contributed by atoms with Crippen LogP contribution < -0.4 is 0 Å². The van der Waals surface area contributed by atoms with Gasteiger partial charge in [0.25, 0.3) is 20.2 Å². The molecule has 0 saturated carbocycles. The van der Waals surface area contributed by atoms with Gasteiger partial charge in [-0.05, 0) is 0 Å². The van der Waals surface area contributed by atoms with E-state index >= 15 is 0 Å². The van der Waals surface area contributed by atoms with E-state index in [1.807, 2.05) is 0 Å². The first-order chi connectivity index (χ1) is 5.55. The second kappa shape index (κ2) is 3.98. The predicted octanol–water partition coefficient (Wildman–Crippen LogP) is -2.03. The van der Waals surface area contributed by atoms with Crippen LogP contribution >= 0.6 is 0 Å². The van der Waals surface area contributed by atoms with E-state index in [-0.39, 0.29) is 0 Å². The summed E-state index contributed by atoms with van der Waals surface area (Å²) in [6, 6.07) is 0. The molecule has 1 atom stereocenters. The molecule has 0 saturated heterocycles. The fourth-order valence-corrected chi connectivity index (χ4v) is 3.93. The average molecular weight is 253 g/mol. The third kappa shape index (κ3) is 4.64. The van der Waals surface area contributed by atoms with E-state index in [0.29, 0.717) is 0 Å². The van der Waals surface area contributed by atoms with Crippen LogP contribution in [-0.2, 0) is 31.3 Å². The largest absolute Gasteiger partial charge is 0.772 e. The van der Waals surface area contributed by atoms with Crippen LogP contribution in [0.15, 0.2) is 0 Å². The maximum Gasteiger partial charge on any atom is 0.285 e. The van der Waals surface area contributed by atoms with Crippen molar-refractivity contribution in [2.45, 2.75) is 4.58 Å². The molecule has 0 aliphatic rings. The molecule has 0 aromatic carbocycles. The summed E-state index contributed by atoms with van der Waals surface area (Å²) in [5.41, 5.74) is 0. The van der Waals surface area contributed by atoms with Gasteiger partial charge in [-0.3, -0.25) is 13.3 Å². The lowest BCUT2D eigenvalue weighted by Crippen LogP contribution is -2.34. The van der Waals surface area contributed by atoms with E-state index < -0.39 is 41.7 Å². The van der Waals surface area contributed by atoms with Crippen LogP contribution in [0.3, 0.4) is 0 Å². The topological polar surface area (TPSA) is 149 Å². The van der Waals surface area contributed by atoms with Crippen molar-refractivity contribution in [1.29, 1.82) is 0 Å². The maximum absolute atomic E-state index is 10.3. The number of hydrogen-bond donors (Lipinski definition) is 2. The molecule has 0 fully saturated rings. The highest BCUT2D eigenvalue weighted by molar-refractivity contribution is 8.04. The summed E-state index contributed by atoms with van der Waals surface area (Å²) in [7, 11) is -10.3. The van der Waals surface area contributed by atoms with Crippen molar-refractivity contribution in [3.63, 3.8) is 0 Å². The molecule has 11 heteroatoms. The van der Waals surface area contributed by atoms with Gasteiger partial charge in [0.15, 0.2) is 0 Å². The van der Waals surface area contributed by atoms with Gasteiger partial charge >= 0.3 is 0 Å². The third-order valence-corrected chi connectivity index (χ3v) is 5.09. The highest BCUT2D eigenvalue weighted by Crippen LogP contribution is 2.07. The van der Waals surface area contributed by atoms with Crippen molar-refractivity contribution in [2.24, 2.45) is 0 Å². The van der Waals surface area contributed by atoms with Crippen molar-refractivity contribution >= 4 is 31.3 Å². The summed E-state index contributed by atoms with van der Waals surface area (Å²) in [5, 5.41) is 0. The lowest BCUT2D eigenvalue weighted by atomic mass is 10.9. The molecule has 0 aliphatic carbocycles. The first-order valence-electron chi connectivity index (χ1n) is 2.53. The molecular weight excluding hydrogens is 248 g/mol. The van der Waals surface area contributed by atoms with Crippen LogP contribution in [0.25, 0.3) is 0 Å².